The normalized spacial score (nSPS) is 16.4. The number of hydrogen-bond donors (Lipinski definition) is 2. The van der Waals surface area contributed by atoms with Crippen LogP contribution in [0.3, 0.4) is 0 Å². The molecule has 3 N–H and O–H groups in total. The predicted molar refractivity (Wildman–Crippen MR) is 107 cm³/mol. The van der Waals surface area contributed by atoms with Crippen molar-refractivity contribution < 1.29 is 9.53 Å². The van der Waals surface area contributed by atoms with Crippen molar-refractivity contribution in [3.63, 3.8) is 0 Å². The molecule has 0 bridgehead atoms. The van der Waals surface area contributed by atoms with E-state index in [9.17, 15) is 4.79 Å². The molecule has 0 saturated heterocycles. The van der Waals surface area contributed by atoms with E-state index in [1.807, 2.05) is 48.5 Å². The Labute approximate surface area is 161 Å². The van der Waals surface area contributed by atoms with Gasteiger partial charge in [-0.3, -0.25) is 4.79 Å². The second kappa shape index (κ2) is 9.06. The van der Waals surface area contributed by atoms with Crippen LogP contribution in [-0.2, 0) is 10.2 Å². The Morgan fingerprint density at radius 3 is 2.38 bits per heavy atom. The summed E-state index contributed by atoms with van der Waals surface area (Å²) in [5, 5.41) is 3.09. The lowest BCUT2D eigenvalue weighted by Crippen LogP contribution is -2.42. The van der Waals surface area contributed by atoms with Crippen molar-refractivity contribution in [1.82, 2.24) is 5.32 Å². The Hall–Kier alpha value is -2.04. The third kappa shape index (κ3) is 4.19. The Bertz CT molecular complexity index is 715. The van der Waals surface area contributed by atoms with Gasteiger partial charge in [0.1, 0.15) is 11.8 Å². The Morgan fingerprint density at radius 1 is 1.12 bits per heavy atom. The first-order valence-electron chi connectivity index (χ1n) is 8.88. The van der Waals surface area contributed by atoms with Crippen molar-refractivity contribution in [1.29, 1.82) is 0 Å². The molecule has 140 valence electrons. The van der Waals surface area contributed by atoms with Gasteiger partial charge in [0.25, 0.3) is 0 Å². The Balaban J connectivity index is 0.00000243. The molecule has 0 aliphatic heterocycles. The van der Waals surface area contributed by atoms with Crippen LogP contribution in [0.1, 0.15) is 42.9 Å². The quantitative estimate of drug-likeness (QED) is 0.809. The van der Waals surface area contributed by atoms with Gasteiger partial charge in [-0.1, -0.05) is 61.4 Å². The van der Waals surface area contributed by atoms with Crippen LogP contribution in [0.2, 0.25) is 0 Å². The molecule has 0 aromatic heterocycles. The first-order chi connectivity index (χ1) is 12.2. The molecule has 0 heterocycles. The molecule has 1 amide bonds. The fourth-order valence-electron chi connectivity index (χ4n) is 3.85. The number of hydrogen-bond acceptors (Lipinski definition) is 3. The van der Waals surface area contributed by atoms with Crippen molar-refractivity contribution in [2.45, 2.75) is 37.1 Å². The van der Waals surface area contributed by atoms with E-state index in [1.54, 1.807) is 7.11 Å². The van der Waals surface area contributed by atoms with E-state index in [0.717, 1.165) is 24.2 Å². The number of amides is 1. The van der Waals surface area contributed by atoms with Crippen molar-refractivity contribution in [2.75, 3.05) is 13.7 Å². The van der Waals surface area contributed by atoms with Crippen LogP contribution in [0, 0.1) is 0 Å². The summed E-state index contributed by atoms with van der Waals surface area (Å²) in [6.07, 6.45) is 4.43. The van der Waals surface area contributed by atoms with Crippen LogP contribution in [0.5, 0.6) is 5.75 Å². The second-order valence-corrected chi connectivity index (χ2v) is 6.79. The molecule has 2 aromatic rings. The number of ether oxygens (including phenoxy) is 1. The topological polar surface area (TPSA) is 64.3 Å². The largest absolute Gasteiger partial charge is 0.496 e. The highest BCUT2D eigenvalue weighted by atomic mass is 35.5. The van der Waals surface area contributed by atoms with Crippen molar-refractivity contribution in [2.24, 2.45) is 5.73 Å². The highest BCUT2D eigenvalue weighted by Gasteiger charge is 2.38. The molecular weight excluding hydrogens is 348 g/mol. The van der Waals surface area contributed by atoms with Gasteiger partial charge >= 0.3 is 0 Å². The summed E-state index contributed by atoms with van der Waals surface area (Å²) in [6.45, 7) is 0.590. The van der Waals surface area contributed by atoms with E-state index in [-0.39, 0.29) is 23.7 Å². The van der Waals surface area contributed by atoms with E-state index < -0.39 is 6.04 Å². The molecule has 0 spiro atoms. The van der Waals surface area contributed by atoms with Crippen LogP contribution in [0.15, 0.2) is 54.6 Å². The van der Waals surface area contributed by atoms with E-state index in [2.05, 4.69) is 11.4 Å². The van der Waals surface area contributed by atoms with E-state index in [1.165, 1.54) is 18.4 Å². The number of para-hydroxylation sites is 1. The summed E-state index contributed by atoms with van der Waals surface area (Å²) in [5.74, 6) is 0.762. The molecule has 1 aliphatic carbocycles. The molecule has 1 unspecified atom stereocenters. The molecule has 1 atom stereocenters. The third-order valence-corrected chi connectivity index (χ3v) is 5.28. The number of methoxy groups -OCH3 is 1. The average molecular weight is 375 g/mol. The predicted octanol–water partition coefficient (Wildman–Crippen LogP) is 3.75. The van der Waals surface area contributed by atoms with Crippen LogP contribution in [0.25, 0.3) is 0 Å². The summed E-state index contributed by atoms with van der Waals surface area (Å²) < 4.78 is 5.57. The maximum Gasteiger partial charge on any atom is 0.241 e. The van der Waals surface area contributed by atoms with Gasteiger partial charge in [0.15, 0.2) is 0 Å². The zero-order valence-corrected chi connectivity index (χ0v) is 15.9. The lowest BCUT2D eigenvalue weighted by atomic mass is 9.78. The summed E-state index contributed by atoms with van der Waals surface area (Å²) in [6, 6.07) is 17.0. The van der Waals surface area contributed by atoms with Gasteiger partial charge < -0.3 is 15.8 Å². The van der Waals surface area contributed by atoms with Gasteiger partial charge in [0, 0.05) is 17.5 Å². The lowest BCUT2D eigenvalue weighted by Gasteiger charge is -2.31. The van der Waals surface area contributed by atoms with Gasteiger partial charge in [-0.25, -0.2) is 0 Å². The molecule has 1 aliphatic rings. The minimum Gasteiger partial charge on any atom is -0.496 e. The highest BCUT2D eigenvalue weighted by Crippen LogP contribution is 2.44. The third-order valence-electron chi connectivity index (χ3n) is 5.28. The smallest absolute Gasteiger partial charge is 0.241 e. The minimum absolute atomic E-state index is 0. The van der Waals surface area contributed by atoms with Gasteiger partial charge in [0.2, 0.25) is 5.91 Å². The van der Waals surface area contributed by atoms with Crippen LogP contribution < -0.4 is 15.8 Å². The van der Waals surface area contributed by atoms with E-state index >= 15 is 0 Å². The molecule has 2 aromatic carbocycles. The number of nitrogens with two attached hydrogens (primary N) is 1. The summed E-state index contributed by atoms with van der Waals surface area (Å²) in [5.41, 5.74) is 8.07. The zero-order chi connectivity index (χ0) is 17.7. The second-order valence-electron chi connectivity index (χ2n) is 6.79. The molecule has 4 nitrogen and oxygen atoms in total. The molecule has 1 saturated carbocycles. The standard InChI is InChI=1S/C21H26N2O2.ClH/c1-25-18-12-6-5-11-17(18)21(13-7-8-14-21)15-23-20(24)19(22)16-9-3-2-4-10-16;/h2-6,9-12,19H,7-8,13-15,22H2,1H3,(H,23,24);1H. The molecular formula is C21H27ClN2O2. The summed E-state index contributed by atoms with van der Waals surface area (Å²) >= 11 is 0. The van der Waals surface area contributed by atoms with Crippen molar-refractivity contribution in [3.05, 3.63) is 65.7 Å². The summed E-state index contributed by atoms with van der Waals surface area (Å²) in [7, 11) is 1.70. The van der Waals surface area contributed by atoms with Gasteiger partial charge in [-0.15, -0.1) is 12.4 Å². The molecule has 3 rings (SSSR count). The number of benzene rings is 2. The molecule has 5 heteroatoms. The minimum atomic E-state index is -0.641. The van der Waals surface area contributed by atoms with Gasteiger partial charge in [-0.05, 0) is 24.5 Å². The van der Waals surface area contributed by atoms with Crippen molar-refractivity contribution >= 4 is 18.3 Å². The molecule has 0 radical (unpaired) electrons. The van der Waals surface area contributed by atoms with Crippen LogP contribution >= 0.6 is 12.4 Å². The monoisotopic (exact) mass is 374 g/mol. The van der Waals surface area contributed by atoms with Crippen molar-refractivity contribution in [3.8, 4) is 5.75 Å². The number of carbonyl (C=O) groups excluding carboxylic acids is 1. The van der Waals surface area contributed by atoms with E-state index in [4.69, 9.17) is 10.5 Å². The number of rotatable bonds is 6. The van der Waals surface area contributed by atoms with Gasteiger partial charge in [-0.2, -0.15) is 0 Å². The fourth-order valence-corrected chi connectivity index (χ4v) is 3.85. The SMILES string of the molecule is COc1ccccc1C1(CNC(=O)C(N)c2ccccc2)CCCC1.Cl. The Kier molecular flexibility index (Phi) is 7.06. The van der Waals surface area contributed by atoms with Gasteiger partial charge in [0.05, 0.1) is 7.11 Å². The fraction of sp³-hybridized carbons (Fsp3) is 0.381. The molecule has 1 fully saturated rings. The average Bonchev–Trinajstić information content (AvgIpc) is 3.16. The summed E-state index contributed by atoms with van der Waals surface area (Å²) in [4.78, 5) is 12.6. The van der Waals surface area contributed by atoms with Crippen LogP contribution in [0.4, 0.5) is 0 Å². The zero-order valence-electron chi connectivity index (χ0n) is 15.1. The maximum atomic E-state index is 12.6. The first kappa shape index (κ1) is 20.3. The number of carbonyl (C=O) groups is 1. The Morgan fingerprint density at radius 2 is 1.73 bits per heavy atom. The molecule has 26 heavy (non-hydrogen) atoms. The first-order valence-corrected chi connectivity index (χ1v) is 8.88. The highest BCUT2D eigenvalue weighted by molar-refractivity contribution is 5.85. The lowest BCUT2D eigenvalue weighted by molar-refractivity contribution is -0.122. The number of nitrogens with one attached hydrogen (secondary N) is 1. The number of halogens is 1. The maximum absolute atomic E-state index is 12.6. The van der Waals surface area contributed by atoms with Crippen LogP contribution in [-0.4, -0.2) is 19.6 Å². The van der Waals surface area contributed by atoms with E-state index in [0.29, 0.717) is 6.54 Å².